The van der Waals surface area contributed by atoms with Crippen molar-refractivity contribution >= 4 is 0 Å². The van der Waals surface area contributed by atoms with Crippen molar-refractivity contribution in [3.8, 4) is 5.75 Å². The molecule has 0 aromatic heterocycles. The summed E-state index contributed by atoms with van der Waals surface area (Å²) < 4.78 is 5.19. The smallest absolute Gasteiger partial charge is 0.849 e. The summed E-state index contributed by atoms with van der Waals surface area (Å²) >= 11 is 0. The second-order valence-corrected chi connectivity index (χ2v) is 4.88. The molecule has 2 rings (SSSR count). The quantitative estimate of drug-likeness (QED) is 0.508. The fraction of sp³-hybridized carbons (Fsp3) is 0.467. The van der Waals surface area contributed by atoms with E-state index in [9.17, 15) is 5.11 Å². The van der Waals surface area contributed by atoms with Gasteiger partial charge in [0.15, 0.2) is 0 Å². The second-order valence-electron chi connectivity index (χ2n) is 4.88. The van der Waals surface area contributed by atoms with Crippen molar-refractivity contribution in [2.45, 2.75) is 38.2 Å². The van der Waals surface area contributed by atoms with E-state index < -0.39 is 6.10 Å². The zero-order chi connectivity index (χ0) is 12.4. The van der Waals surface area contributed by atoms with Crippen LogP contribution in [0.3, 0.4) is 0 Å². The summed E-state index contributed by atoms with van der Waals surface area (Å²) in [5.74, 6) is 1.48. The van der Waals surface area contributed by atoms with Crippen molar-refractivity contribution in [3.63, 3.8) is 0 Å². The van der Waals surface area contributed by atoms with Gasteiger partial charge in [-0.25, -0.2) is 0 Å². The van der Waals surface area contributed by atoms with Crippen LogP contribution in [0.2, 0.25) is 0 Å². The van der Waals surface area contributed by atoms with Crippen LogP contribution in [0.4, 0.5) is 0 Å². The van der Waals surface area contributed by atoms with Gasteiger partial charge in [-0.2, -0.15) is 0 Å². The van der Waals surface area contributed by atoms with Gasteiger partial charge < -0.3 is 9.84 Å². The minimum Gasteiger partial charge on any atom is -0.849 e. The molecule has 1 aliphatic rings. The van der Waals surface area contributed by atoms with E-state index in [-0.39, 0.29) is 18.9 Å². The van der Waals surface area contributed by atoms with Crippen molar-refractivity contribution in [2.75, 3.05) is 7.11 Å². The summed E-state index contributed by atoms with van der Waals surface area (Å²) in [6.45, 7) is 5.53. The Labute approximate surface area is 121 Å². The Balaban J connectivity index is 0.00000162. The average Bonchev–Trinajstić information content (AvgIpc) is 2.29. The maximum Gasteiger partial charge on any atom is 1.00 e. The molecular weight excluding hydrogens is 219 g/mol. The maximum absolute atomic E-state index is 11.6. The van der Waals surface area contributed by atoms with Crippen LogP contribution in [0.5, 0.6) is 5.75 Å². The zero-order valence-electron chi connectivity index (χ0n) is 11.5. The molecule has 0 aliphatic heterocycles. The maximum atomic E-state index is 11.6. The van der Waals surface area contributed by atoms with Gasteiger partial charge in [-0.15, -0.1) is 12.7 Å². The standard InChI is InChI=1S/C15H19O2.Li/c1-10(2)15(16)7-4-11-8-12-9-13(17-3)5-6-14(11)12;/h5-6,9,11,15H,1,4,7-8H2,2-3H3;/q-1;+1. The molecule has 1 aromatic rings. The molecule has 0 bridgehead atoms. The van der Waals surface area contributed by atoms with Crippen LogP contribution in [0.25, 0.3) is 0 Å². The van der Waals surface area contributed by atoms with Gasteiger partial charge in [0, 0.05) is 0 Å². The molecule has 0 saturated carbocycles. The van der Waals surface area contributed by atoms with Crippen molar-refractivity contribution in [2.24, 2.45) is 0 Å². The van der Waals surface area contributed by atoms with Gasteiger partial charge in [-0.05, 0) is 48.9 Å². The molecule has 1 aromatic carbocycles. The molecule has 0 fully saturated rings. The monoisotopic (exact) mass is 238 g/mol. The Hall–Kier alpha value is -0.683. The summed E-state index contributed by atoms with van der Waals surface area (Å²) in [7, 11) is 1.69. The van der Waals surface area contributed by atoms with Gasteiger partial charge in [0.2, 0.25) is 0 Å². The predicted octanol–water partition coefficient (Wildman–Crippen LogP) is -0.576. The first-order chi connectivity index (χ1) is 8.11. The van der Waals surface area contributed by atoms with E-state index in [0.29, 0.717) is 12.3 Å². The first-order valence-electron chi connectivity index (χ1n) is 6.10. The molecule has 0 N–H and O–H groups in total. The van der Waals surface area contributed by atoms with Crippen LogP contribution in [0.15, 0.2) is 30.4 Å². The van der Waals surface area contributed by atoms with E-state index in [1.165, 1.54) is 11.1 Å². The van der Waals surface area contributed by atoms with E-state index in [2.05, 4.69) is 18.7 Å². The Morgan fingerprint density at radius 3 is 2.83 bits per heavy atom. The third-order valence-corrected chi connectivity index (χ3v) is 3.58. The minimum absolute atomic E-state index is 0. The predicted molar refractivity (Wildman–Crippen MR) is 67.3 cm³/mol. The van der Waals surface area contributed by atoms with Crippen LogP contribution in [0.1, 0.15) is 36.8 Å². The van der Waals surface area contributed by atoms with Crippen LogP contribution in [0, 0.1) is 0 Å². The molecule has 0 heterocycles. The van der Waals surface area contributed by atoms with E-state index >= 15 is 0 Å². The fourth-order valence-electron chi connectivity index (χ4n) is 2.38. The molecule has 92 valence electrons. The van der Waals surface area contributed by atoms with Crippen LogP contribution >= 0.6 is 0 Å². The van der Waals surface area contributed by atoms with Gasteiger partial charge in [0.1, 0.15) is 5.75 Å². The molecule has 0 saturated heterocycles. The number of rotatable bonds is 5. The number of hydrogen-bond donors (Lipinski definition) is 0. The fourth-order valence-corrected chi connectivity index (χ4v) is 2.38. The molecule has 0 amide bonds. The van der Waals surface area contributed by atoms with Gasteiger partial charge in [-0.3, -0.25) is 0 Å². The van der Waals surface area contributed by atoms with Gasteiger partial charge in [0.05, 0.1) is 7.11 Å². The topological polar surface area (TPSA) is 32.3 Å². The Morgan fingerprint density at radius 2 is 2.28 bits per heavy atom. The van der Waals surface area contributed by atoms with E-state index in [0.717, 1.165) is 24.2 Å². The molecule has 18 heavy (non-hydrogen) atoms. The first kappa shape index (κ1) is 15.4. The summed E-state index contributed by atoms with van der Waals surface area (Å²) in [5.41, 5.74) is 3.51. The summed E-state index contributed by atoms with van der Waals surface area (Å²) in [4.78, 5) is 0. The minimum atomic E-state index is -0.600. The third-order valence-electron chi connectivity index (χ3n) is 3.58. The number of benzene rings is 1. The van der Waals surface area contributed by atoms with Crippen molar-refractivity contribution in [1.29, 1.82) is 0 Å². The van der Waals surface area contributed by atoms with E-state index in [1.54, 1.807) is 7.11 Å². The summed E-state index contributed by atoms with van der Waals surface area (Å²) in [6, 6.07) is 6.22. The molecular formula is C15H19LiO2. The summed E-state index contributed by atoms with van der Waals surface area (Å²) in [6.07, 6.45) is 2.15. The molecule has 2 nitrogen and oxygen atoms in total. The van der Waals surface area contributed by atoms with Crippen molar-refractivity contribution in [3.05, 3.63) is 41.5 Å². The Morgan fingerprint density at radius 1 is 1.56 bits per heavy atom. The SMILES string of the molecule is C=C(C)C([O-])CCC1Cc2cc(OC)ccc21.[Li+]. The molecule has 2 unspecified atom stereocenters. The van der Waals surface area contributed by atoms with Crippen molar-refractivity contribution < 1.29 is 28.7 Å². The second kappa shape index (κ2) is 6.47. The van der Waals surface area contributed by atoms with Gasteiger partial charge >= 0.3 is 18.9 Å². The number of ether oxygens (including phenoxy) is 1. The Bertz CT molecular complexity index is 429. The largest absolute Gasteiger partial charge is 1.00 e. The first-order valence-corrected chi connectivity index (χ1v) is 6.10. The van der Waals surface area contributed by atoms with Crippen LogP contribution in [-0.4, -0.2) is 13.2 Å². The van der Waals surface area contributed by atoms with E-state index in [4.69, 9.17) is 4.74 Å². The number of hydrogen-bond acceptors (Lipinski definition) is 2. The zero-order valence-corrected chi connectivity index (χ0v) is 11.5. The average molecular weight is 238 g/mol. The van der Waals surface area contributed by atoms with Gasteiger partial charge in [0.25, 0.3) is 0 Å². The third kappa shape index (κ3) is 3.20. The summed E-state index contributed by atoms with van der Waals surface area (Å²) in [5, 5.41) is 11.6. The normalized spacial score (nSPS) is 18.1. The molecule has 0 radical (unpaired) electrons. The molecule has 3 heteroatoms. The van der Waals surface area contributed by atoms with Gasteiger partial charge in [-0.1, -0.05) is 18.1 Å². The molecule has 1 aliphatic carbocycles. The number of fused-ring (bicyclic) bond motifs is 1. The van der Waals surface area contributed by atoms with E-state index in [1.807, 2.05) is 13.0 Å². The molecule has 0 spiro atoms. The molecule has 2 atom stereocenters. The number of methoxy groups -OCH3 is 1. The van der Waals surface area contributed by atoms with Crippen LogP contribution in [-0.2, 0) is 6.42 Å². The van der Waals surface area contributed by atoms with Crippen LogP contribution < -0.4 is 28.7 Å². The Kier molecular flexibility index (Phi) is 5.53. The van der Waals surface area contributed by atoms with Crippen molar-refractivity contribution in [1.82, 2.24) is 0 Å².